The molecule has 1 aliphatic rings. The van der Waals surface area contributed by atoms with Gasteiger partial charge in [0.2, 0.25) is 0 Å². The minimum absolute atomic E-state index is 0. The molecule has 1 heterocycles. The Balaban J connectivity index is 0.00000400. The number of nitrogens with zero attached hydrogens (tertiary/aromatic N) is 2. The van der Waals surface area contributed by atoms with Gasteiger partial charge < -0.3 is 25.4 Å². The van der Waals surface area contributed by atoms with E-state index in [0.29, 0.717) is 0 Å². The van der Waals surface area contributed by atoms with Gasteiger partial charge in [-0.2, -0.15) is 0 Å². The summed E-state index contributed by atoms with van der Waals surface area (Å²) < 4.78 is 5.49. The van der Waals surface area contributed by atoms with E-state index in [1.165, 1.54) is 0 Å². The summed E-state index contributed by atoms with van der Waals surface area (Å²) in [5.41, 5.74) is 0.0482. The predicted molar refractivity (Wildman–Crippen MR) is 97.5 cm³/mol. The smallest absolute Gasteiger partial charge is 0.191 e. The highest BCUT2D eigenvalue weighted by atomic mass is 127. The van der Waals surface area contributed by atoms with E-state index in [1.807, 2.05) is 0 Å². The number of nitrogens with one attached hydrogen (secondary N) is 2. The summed E-state index contributed by atoms with van der Waals surface area (Å²) in [6.07, 6.45) is 1.77. The van der Waals surface area contributed by atoms with Crippen LogP contribution >= 0.6 is 24.0 Å². The first-order chi connectivity index (χ1) is 9.65. The predicted octanol–water partition coefficient (Wildman–Crippen LogP) is 0.510. The van der Waals surface area contributed by atoms with Gasteiger partial charge in [0, 0.05) is 45.3 Å². The van der Waals surface area contributed by atoms with Gasteiger partial charge >= 0.3 is 0 Å². The van der Waals surface area contributed by atoms with Crippen LogP contribution in [0.4, 0.5) is 0 Å². The molecule has 0 aromatic carbocycles. The molecule has 1 fully saturated rings. The fourth-order valence-corrected chi connectivity index (χ4v) is 2.33. The molecule has 0 aliphatic carbocycles. The van der Waals surface area contributed by atoms with Gasteiger partial charge in [-0.25, -0.2) is 0 Å². The number of ether oxygens (including phenoxy) is 1. The van der Waals surface area contributed by atoms with Gasteiger partial charge in [0.15, 0.2) is 5.96 Å². The number of aliphatic imine (C=N–C) groups is 1. The van der Waals surface area contributed by atoms with Crippen molar-refractivity contribution in [3.05, 3.63) is 0 Å². The number of hydrogen-bond donors (Lipinski definition) is 3. The molecule has 21 heavy (non-hydrogen) atoms. The second-order valence-corrected chi connectivity index (χ2v) is 5.52. The van der Waals surface area contributed by atoms with Crippen LogP contribution in [0.25, 0.3) is 0 Å². The van der Waals surface area contributed by atoms with Crippen molar-refractivity contribution < 1.29 is 9.84 Å². The molecule has 7 heteroatoms. The first kappa shape index (κ1) is 20.9. The van der Waals surface area contributed by atoms with Crippen molar-refractivity contribution in [2.75, 3.05) is 60.1 Å². The summed E-state index contributed by atoms with van der Waals surface area (Å²) in [5.74, 6) is 0.818. The molecule has 1 unspecified atom stereocenters. The maximum absolute atomic E-state index is 9.21. The molecule has 0 aromatic rings. The van der Waals surface area contributed by atoms with Crippen LogP contribution in [0, 0.1) is 5.41 Å². The SMILES string of the molecule is CCN(C)CCNC(=NC)NCC1(CCO)CCOC1.I. The maximum atomic E-state index is 9.21. The fraction of sp³-hybridized carbons (Fsp3) is 0.929. The molecule has 0 radical (unpaired) electrons. The first-order valence-corrected chi connectivity index (χ1v) is 7.47. The number of aliphatic hydroxyl groups excluding tert-OH is 1. The molecule has 1 rings (SSSR count). The van der Waals surface area contributed by atoms with E-state index in [9.17, 15) is 5.11 Å². The zero-order valence-electron chi connectivity index (χ0n) is 13.5. The van der Waals surface area contributed by atoms with Gasteiger partial charge in [-0.1, -0.05) is 6.92 Å². The number of guanidine groups is 1. The van der Waals surface area contributed by atoms with Crippen LogP contribution in [0.15, 0.2) is 4.99 Å². The Bertz CT molecular complexity index is 297. The van der Waals surface area contributed by atoms with E-state index in [2.05, 4.69) is 34.5 Å². The number of likely N-dealkylation sites (N-methyl/N-ethyl adjacent to an activating group) is 1. The van der Waals surface area contributed by atoms with Crippen LogP contribution in [-0.2, 0) is 4.74 Å². The van der Waals surface area contributed by atoms with Crippen LogP contribution in [-0.4, -0.2) is 76.1 Å². The standard InChI is InChI=1S/C14H30N4O2.HI/c1-4-18(3)8-7-16-13(15-2)17-11-14(5-9-19)6-10-20-12-14;/h19H,4-12H2,1-3H3,(H2,15,16,17);1H. The molecule has 0 bridgehead atoms. The summed E-state index contributed by atoms with van der Waals surface area (Å²) in [7, 11) is 3.88. The molecule has 6 nitrogen and oxygen atoms in total. The Kier molecular flexibility index (Phi) is 11.4. The highest BCUT2D eigenvalue weighted by Gasteiger charge is 2.34. The van der Waals surface area contributed by atoms with Gasteiger partial charge in [0.25, 0.3) is 0 Å². The van der Waals surface area contributed by atoms with Crippen LogP contribution in [0.5, 0.6) is 0 Å². The van der Waals surface area contributed by atoms with Crippen LogP contribution in [0.2, 0.25) is 0 Å². The van der Waals surface area contributed by atoms with Crippen molar-refractivity contribution in [3.63, 3.8) is 0 Å². The topological polar surface area (TPSA) is 69.1 Å². The van der Waals surface area contributed by atoms with E-state index in [-0.39, 0.29) is 36.0 Å². The first-order valence-electron chi connectivity index (χ1n) is 7.47. The molecule has 1 saturated heterocycles. The summed E-state index contributed by atoms with van der Waals surface area (Å²) in [6.45, 7) is 7.55. The lowest BCUT2D eigenvalue weighted by Gasteiger charge is -2.28. The maximum Gasteiger partial charge on any atom is 0.191 e. The fourth-order valence-electron chi connectivity index (χ4n) is 2.33. The highest BCUT2D eigenvalue weighted by molar-refractivity contribution is 14.0. The van der Waals surface area contributed by atoms with Crippen LogP contribution in [0.1, 0.15) is 19.8 Å². The summed E-state index contributed by atoms with van der Waals surface area (Å²) in [5, 5.41) is 15.9. The Morgan fingerprint density at radius 1 is 1.43 bits per heavy atom. The average Bonchev–Trinajstić information content (AvgIpc) is 2.91. The van der Waals surface area contributed by atoms with Crippen LogP contribution < -0.4 is 10.6 Å². The Hall–Kier alpha value is -0.120. The second-order valence-electron chi connectivity index (χ2n) is 5.52. The van der Waals surface area contributed by atoms with E-state index in [1.54, 1.807) is 7.05 Å². The molecule has 0 spiro atoms. The minimum atomic E-state index is 0. The van der Waals surface area contributed by atoms with Gasteiger partial charge in [-0.15, -0.1) is 24.0 Å². The third-order valence-corrected chi connectivity index (χ3v) is 4.01. The van der Waals surface area contributed by atoms with E-state index >= 15 is 0 Å². The molecule has 0 amide bonds. The Morgan fingerprint density at radius 2 is 2.19 bits per heavy atom. The molecule has 1 atom stereocenters. The van der Waals surface area contributed by atoms with Gasteiger partial charge in [0.1, 0.15) is 0 Å². The molecular formula is C14H31IN4O2. The second kappa shape index (κ2) is 11.4. The van der Waals surface area contributed by atoms with Crippen molar-refractivity contribution in [1.82, 2.24) is 15.5 Å². The van der Waals surface area contributed by atoms with Crippen molar-refractivity contribution in [1.29, 1.82) is 0 Å². The van der Waals surface area contributed by atoms with Crippen LogP contribution in [0.3, 0.4) is 0 Å². The summed E-state index contributed by atoms with van der Waals surface area (Å²) in [6, 6.07) is 0. The lowest BCUT2D eigenvalue weighted by molar-refractivity contribution is 0.127. The quantitative estimate of drug-likeness (QED) is 0.307. The Labute approximate surface area is 145 Å². The van der Waals surface area contributed by atoms with E-state index in [0.717, 1.165) is 58.2 Å². The minimum Gasteiger partial charge on any atom is -0.396 e. The van der Waals surface area contributed by atoms with Gasteiger partial charge in [0.05, 0.1) is 6.61 Å². The Morgan fingerprint density at radius 3 is 2.71 bits per heavy atom. The van der Waals surface area contributed by atoms with Crippen molar-refractivity contribution in [2.24, 2.45) is 10.4 Å². The van der Waals surface area contributed by atoms with E-state index in [4.69, 9.17) is 4.74 Å². The summed E-state index contributed by atoms with van der Waals surface area (Å²) in [4.78, 5) is 6.48. The largest absolute Gasteiger partial charge is 0.396 e. The number of rotatable bonds is 8. The zero-order chi connectivity index (χ0) is 14.8. The average molecular weight is 414 g/mol. The van der Waals surface area contributed by atoms with Crippen molar-refractivity contribution >= 4 is 29.9 Å². The summed E-state index contributed by atoms with van der Waals surface area (Å²) >= 11 is 0. The lowest BCUT2D eigenvalue weighted by Crippen LogP contribution is -2.46. The van der Waals surface area contributed by atoms with E-state index < -0.39 is 0 Å². The zero-order valence-corrected chi connectivity index (χ0v) is 15.9. The molecule has 0 saturated carbocycles. The van der Waals surface area contributed by atoms with Crippen molar-refractivity contribution in [2.45, 2.75) is 19.8 Å². The molecule has 126 valence electrons. The lowest BCUT2D eigenvalue weighted by atomic mass is 9.84. The molecule has 0 aromatic heterocycles. The monoisotopic (exact) mass is 414 g/mol. The normalized spacial score (nSPS) is 22.2. The van der Waals surface area contributed by atoms with Gasteiger partial charge in [-0.05, 0) is 26.4 Å². The number of halogens is 1. The molecular weight excluding hydrogens is 383 g/mol. The van der Waals surface area contributed by atoms with Crippen molar-refractivity contribution in [3.8, 4) is 0 Å². The molecule has 3 N–H and O–H groups in total. The number of hydrogen-bond acceptors (Lipinski definition) is 4. The third-order valence-electron chi connectivity index (χ3n) is 4.01. The molecule has 1 aliphatic heterocycles. The third kappa shape index (κ3) is 7.62. The highest BCUT2D eigenvalue weighted by Crippen LogP contribution is 2.31. The number of aliphatic hydroxyl groups is 1. The van der Waals surface area contributed by atoms with Gasteiger partial charge in [-0.3, -0.25) is 4.99 Å².